The second kappa shape index (κ2) is 11.4. The lowest BCUT2D eigenvalue weighted by atomic mass is 10.0. The van der Waals surface area contributed by atoms with Crippen LogP contribution in [0, 0.1) is 0 Å². The summed E-state index contributed by atoms with van der Waals surface area (Å²) in [5, 5.41) is 19.3. The molecule has 0 aromatic heterocycles. The summed E-state index contributed by atoms with van der Waals surface area (Å²) in [6.07, 6.45) is 10.0. The van der Waals surface area contributed by atoms with E-state index in [4.69, 9.17) is 0 Å². The summed E-state index contributed by atoms with van der Waals surface area (Å²) < 4.78 is 0. The van der Waals surface area contributed by atoms with Crippen LogP contribution in [0.4, 0.5) is 0 Å². The van der Waals surface area contributed by atoms with Crippen molar-refractivity contribution in [3.63, 3.8) is 0 Å². The Morgan fingerprint density at radius 1 is 0.625 bits per heavy atom. The molecular weight excluding hydrogens is 200 g/mol. The van der Waals surface area contributed by atoms with Crippen molar-refractivity contribution in [3.8, 4) is 0 Å². The molecule has 0 rings (SSSR count). The van der Waals surface area contributed by atoms with Crippen LogP contribution in [0.5, 0.6) is 0 Å². The second-order valence-corrected chi connectivity index (χ2v) is 4.83. The molecule has 0 saturated carbocycles. The molecule has 2 unspecified atom stereocenters. The van der Waals surface area contributed by atoms with E-state index in [0.717, 1.165) is 32.1 Å². The lowest BCUT2D eigenvalue weighted by Crippen LogP contribution is -2.25. The van der Waals surface area contributed by atoms with Gasteiger partial charge in [-0.3, -0.25) is 0 Å². The number of aliphatic hydroxyl groups is 2. The van der Waals surface area contributed by atoms with E-state index >= 15 is 0 Å². The predicted molar refractivity (Wildman–Crippen MR) is 69.5 cm³/mol. The monoisotopic (exact) mass is 230 g/mol. The largest absolute Gasteiger partial charge is 0.390 e. The van der Waals surface area contributed by atoms with E-state index < -0.39 is 12.2 Å². The fraction of sp³-hybridized carbons (Fsp3) is 1.00. The molecule has 0 aromatic carbocycles. The minimum absolute atomic E-state index is 0.502. The van der Waals surface area contributed by atoms with Crippen LogP contribution < -0.4 is 0 Å². The van der Waals surface area contributed by atoms with Gasteiger partial charge in [0.15, 0.2) is 0 Å². The molecule has 0 bridgehead atoms. The van der Waals surface area contributed by atoms with Crippen LogP contribution in [0.1, 0.15) is 78.1 Å². The normalized spacial score (nSPS) is 15.0. The fourth-order valence-electron chi connectivity index (χ4n) is 1.93. The molecule has 0 spiro atoms. The summed E-state index contributed by atoms with van der Waals surface area (Å²) in [6, 6.07) is 0. The van der Waals surface area contributed by atoms with Crippen LogP contribution in [0.25, 0.3) is 0 Å². The third-order valence-corrected chi connectivity index (χ3v) is 3.15. The van der Waals surface area contributed by atoms with Gasteiger partial charge in [-0.05, 0) is 12.8 Å². The number of hydrogen-bond acceptors (Lipinski definition) is 2. The third kappa shape index (κ3) is 9.17. The quantitative estimate of drug-likeness (QED) is 0.532. The number of aliphatic hydroxyl groups excluding tert-OH is 2. The molecule has 16 heavy (non-hydrogen) atoms. The molecule has 0 amide bonds. The van der Waals surface area contributed by atoms with E-state index in [1.807, 2.05) is 0 Å². The molecule has 2 nitrogen and oxygen atoms in total. The number of rotatable bonds is 11. The van der Waals surface area contributed by atoms with E-state index in [1.165, 1.54) is 32.1 Å². The minimum atomic E-state index is -0.504. The van der Waals surface area contributed by atoms with Crippen molar-refractivity contribution in [2.24, 2.45) is 0 Å². The zero-order chi connectivity index (χ0) is 12.2. The van der Waals surface area contributed by atoms with Crippen LogP contribution in [0.2, 0.25) is 0 Å². The standard InChI is InChI=1S/C14H30O2/c1-3-5-7-8-9-10-12-14(16)13(15)11-6-4-2/h13-16H,3-12H2,1-2H3. The van der Waals surface area contributed by atoms with Crippen LogP contribution in [-0.4, -0.2) is 22.4 Å². The van der Waals surface area contributed by atoms with Gasteiger partial charge in [0.05, 0.1) is 12.2 Å². The Morgan fingerprint density at radius 2 is 1.06 bits per heavy atom. The van der Waals surface area contributed by atoms with Gasteiger partial charge in [0.25, 0.3) is 0 Å². The molecule has 0 fully saturated rings. The highest BCUT2D eigenvalue weighted by Crippen LogP contribution is 2.13. The van der Waals surface area contributed by atoms with Crippen molar-refractivity contribution in [3.05, 3.63) is 0 Å². The average molecular weight is 230 g/mol. The molecule has 0 radical (unpaired) electrons. The minimum Gasteiger partial charge on any atom is -0.390 e. The average Bonchev–Trinajstić information content (AvgIpc) is 2.30. The van der Waals surface area contributed by atoms with Crippen molar-refractivity contribution in [2.45, 2.75) is 90.3 Å². The van der Waals surface area contributed by atoms with E-state index in [9.17, 15) is 10.2 Å². The highest BCUT2D eigenvalue weighted by atomic mass is 16.3. The summed E-state index contributed by atoms with van der Waals surface area (Å²) in [4.78, 5) is 0. The maximum absolute atomic E-state index is 9.70. The Kier molecular flexibility index (Phi) is 11.3. The Labute approximate surface area is 101 Å². The first-order valence-corrected chi connectivity index (χ1v) is 7.08. The highest BCUT2D eigenvalue weighted by molar-refractivity contribution is 4.67. The molecule has 0 aliphatic carbocycles. The van der Waals surface area contributed by atoms with Crippen molar-refractivity contribution in [1.82, 2.24) is 0 Å². The highest BCUT2D eigenvalue weighted by Gasteiger charge is 2.14. The van der Waals surface area contributed by atoms with Gasteiger partial charge in [0, 0.05) is 0 Å². The molecule has 98 valence electrons. The lowest BCUT2D eigenvalue weighted by molar-refractivity contribution is 0.00738. The van der Waals surface area contributed by atoms with Crippen LogP contribution in [0.3, 0.4) is 0 Å². The van der Waals surface area contributed by atoms with E-state index in [2.05, 4.69) is 13.8 Å². The SMILES string of the molecule is CCCCCCCCC(O)C(O)CCCC. The summed E-state index contributed by atoms with van der Waals surface area (Å²) in [5.41, 5.74) is 0. The molecule has 0 aliphatic rings. The molecule has 0 aromatic rings. The van der Waals surface area contributed by atoms with Gasteiger partial charge in [0.1, 0.15) is 0 Å². The summed E-state index contributed by atoms with van der Waals surface area (Å²) in [7, 11) is 0. The molecule has 2 heteroatoms. The van der Waals surface area contributed by atoms with E-state index in [0.29, 0.717) is 0 Å². The zero-order valence-corrected chi connectivity index (χ0v) is 11.1. The van der Waals surface area contributed by atoms with Gasteiger partial charge in [-0.2, -0.15) is 0 Å². The first-order chi connectivity index (χ1) is 7.72. The molecule has 0 saturated heterocycles. The topological polar surface area (TPSA) is 40.5 Å². The summed E-state index contributed by atoms with van der Waals surface area (Å²) in [5.74, 6) is 0. The smallest absolute Gasteiger partial charge is 0.0799 e. The van der Waals surface area contributed by atoms with Gasteiger partial charge in [-0.1, -0.05) is 65.2 Å². The Morgan fingerprint density at radius 3 is 1.62 bits per heavy atom. The molecular formula is C14H30O2. The maximum Gasteiger partial charge on any atom is 0.0799 e. The van der Waals surface area contributed by atoms with Gasteiger partial charge in [-0.25, -0.2) is 0 Å². The Hall–Kier alpha value is -0.0800. The van der Waals surface area contributed by atoms with Crippen LogP contribution in [-0.2, 0) is 0 Å². The predicted octanol–water partition coefficient (Wildman–Crippen LogP) is 3.65. The van der Waals surface area contributed by atoms with Crippen LogP contribution in [0.15, 0.2) is 0 Å². The first-order valence-electron chi connectivity index (χ1n) is 7.08. The summed E-state index contributed by atoms with van der Waals surface area (Å²) in [6.45, 7) is 4.32. The second-order valence-electron chi connectivity index (χ2n) is 4.83. The van der Waals surface area contributed by atoms with E-state index in [-0.39, 0.29) is 0 Å². The lowest BCUT2D eigenvalue weighted by Gasteiger charge is -2.17. The Bertz CT molecular complexity index is 137. The first kappa shape index (κ1) is 15.9. The Balaban J connectivity index is 3.31. The number of unbranched alkanes of at least 4 members (excludes halogenated alkanes) is 6. The van der Waals surface area contributed by atoms with Gasteiger partial charge >= 0.3 is 0 Å². The molecule has 2 N–H and O–H groups in total. The van der Waals surface area contributed by atoms with Crippen molar-refractivity contribution >= 4 is 0 Å². The van der Waals surface area contributed by atoms with Crippen LogP contribution >= 0.6 is 0 Å². The van der Waals surface area contributed by atoms with Crippen molar-refractivity contribution in [2.75, 3.05) is 0 Å². The van der Waals surface area contributed by atoms with Gasteiger partial charge in [-0.15, -0.1) is 0 Å². The summed E-state index contributed by atoms with van der Waals surface area (Å²) >= 11 is 0. The maximum atomic E-state index is 9.70. The fourth-order valence-corrected chi connectivity index (χ4v) is 1.93. The van der Waals surface area contributed by atoms with Gasteiger partial charge < -0.3 is 10.2 Å². The van der Waals surface area contributed by atoms with Crippen molar-refractivity contribution < 1.29 is 10.2 Å². The zero-order valence-electron chi connectivity index (χ0n) is 11.1. The van der Waals surface area contributed by atoms with E-state index in [1.54, 1.807) is 0 Å². The van der Waals surface area contributed by atoms with Gasteiger partial charge in [0.2, 0.25) is 0 Å². The number of hydrogen-bond donors (Lipinski definition) is 2. The third-order valence-electron chi connectivity index (χ3n) is 3.15. The molecule has 2 atom stereocenters. The molecule has 0 heterocycles. The van der Waals surface area contributed by atoms with Crippen molar-refractivity contribution in [1.29, 1.82) is 0 Å². The molecule has 0 aliphatic heterocycles.